The molecule has 1 saturated carbocycles. The minimum Gasteiger partial charge on any atom is -0.508 e. The molecular formula is C14H15Cl2N3O2. The zero-order valence-corrected chi connectivity index (χ0v) is 12.7. The molecular weight excluding hydrogens is 313 g/mol. The number of hydrogen-bond donors (Lipinski definition) is 2. The summed E-state index contributed by atoms with van der Waals surface area (Å²) in [6.45, 7) is 0.196. The fraction of sp³-hybridized carbons (Fsp3) is 0.429. The van der Waals surface area contributed by atoms with Gasteiger partial charge < -0.3 is 10.2 Å². The largest absolute Gasteiger partial charge is 0.508 e. The summed E-state index contributed by atoms with van der Waals surface area (Å²) in [5.74, 6) is 0.0560. The summed E-state index contributed by atoms with van der Waals surface area (Å²) >= 11 is 12.6. The Labute approximate surface area is 132 Å². The number of phenolic OH excluding ortho intramolecular Hbond substituents is 1. The smallest absolute Gasteiger partial charge is 0.137 e. The number of benzene rings is 1. The Bertz CT molecular complexity index is 623. The molecule has 1 unspecified atom stereocenters. The maximum absolute atomic E-state index is 11.1. The fourth-order valence-electron chi connectivity index (χ4n) is 2.53. The fourth-order valence-corrected chi connectivity index (χ4v) is 2.99. The van der Waals surface area contributed by atoms with Crippen LogP contribution in [0.3, 0.4) is 0 Å². The SMILES string of the molecule is Oc1cccc(Cl)c1CC(O)(Cn1cncn1)C1(Cl)CC1. The van der Waals surface area contributed by atoms with E-state index in [1.807, 2.05) is 0 Å². The van der Waals surface area contributed by atoms with E-state index in [1.165, 1.54) is 17.3 Å². The Morgan fingerprint density at radius 3 is 2.71 bits per heavy atom. The van der Waals surface area contributed by atoms with Crippen molar-refractivity contribution in [1.29, 1.82) is 0 Å². The zero-order valence-electron chi connectivity index (χ0n) is 11.2. The van der Waals surface area contributed by atoms with Gasteiger partial charge in [-0.1, -0.05) is 17.7 Å². The first kappa shape index (κ1) is 14.6. The van der Waals surface area contributed by atoms with Crippen LogP contribution in [0, 0.1) is 0 Å². The number of rotatable bonds is 5. The lowest BCUT2D eigenvalue weighted by atomic mass is 9.88. The average Bonchev–Trinajstić information content (AvgIpc) is 2.99. The number of phenols is 1. The van der Waals surface area contributed by atoms with Crippen LogP contribution in [0.4, 0.5) is 0 Å². The minimum atomic E-state index is -1.26. The predicted molar refractivity (Wildman–Crippen MR) is 79.6 cm³/mol. The standard InChI is InChI=1S/C14H15Cl2N3O2/c15-11-2-1-3-12(20)10(11)6-14(21,13(16)4-5-13)7-19-9-17-8-18-19/h1-3,8-9,20-21H,4-7H2. The van der Waals surface area contributed by atoms with Crippen molar-refractivity contribution in [2.45, 2.75) is 36.3 Å². The van der Waals surface area contributed by atoms with Crippen LogP contribution >= 0.6 is 23.2 Å². The molecule has 1 atom stereocenters. The molecule has 7 heteroatoms. The van der Waals surface area contributed by atoms with Crippen molar-refractivity contribution in [2.24, 2.45) is 0 Å². The molecule has 2 aromatic rings. The third-order valence-electron chi connectivity index (χ3n) is 3.98. The number of alkyl halides is 1. The van der Waals surface area contributed by atoms with Gasteiger partial charge in [0.15, 0.2) is 0 Å². The summed E-state index contributed by atoms with van der Waals surface area (Å²) < 4.78 is 1.54. The molecule has 0 amide bonds. The lowest BCUT2D eigenvalue weighted by Gasteiger charge is -2.33. The van der Waals surface area contributed by atoms with E-state index in [-0.39, 0.29) is 18.7 Å². The van der Waals surface area contributed by atoms with Gasteiger partial charge in [0.25, 0.3) is 0 Å². The first-order chi connectivity index (χ1) is 9.94. The van der Waals surface area contributed by atoms with Crippen molar-refractivity contribution >= 4 is 23.2 Å². The molecule has 0 radical (unpaired) electrons. The van der Waals surface area contributed by atoms with Crippen LogP contribution in [0.25, 0.3) is 0 Å². The van der Waals surface area contributed by atoms with E-state index in [2.05, 4.69) is 10.1 Å². The number of halogens is 2. The third-order valence-corrected chi connectivity index (χ3v) is 5.06. The van der Waals surface area contributed by atoms with Crippen LogP contribution in [-0.2, 0) is 13.0 Å². The van der Waals surface area contributed by atoms with Crippen molar-refractivity contribution < 1.29 is 10.2 Å². The first-order valence-corrected chi connectivity index (χ1v) is 7.39. The average molecular weight is 328 g/mol. The van der Waals surface area contributed by atoms with Gasteiger partial charge in [-0.3, -0.25) is 0 Å². The van der Waals surface area contributed by atoms with Crippen LogP contribution in [0.5, 0.6) is 5.75 Å². The molecule has 1 heterocycles. The van der Waals surface area contributed by atoms with E-state index >= 15 is 0 Å². The van der Waals surface area contributed by atoms with Gasteiger partial charge in [0, 0.05) is 17.0 Å². The number of aromatic nitrogens is 3. The highest BCUT2D eigenvalue weighted by Crippen LogP contribution is 2.53. The lowest BCUT2D eigenvalue weighted by molar-refractivity contribution is 0.00720. The normalized spacial score (nSPS) is 19.2. The van der Waals surface area contributed by atoms with Gasteiger partial charge in [0.05, 0.1) is 11.4 Å². The van der Waals surface area contributed by atoms with Gasteiger partial charge >= 0.3 is 0 Å². The molecule has 1 aromatic carbocycles. The molecule has 1 aliphatic carbocycles. The summed E-state index contributed by atoms with van der Waals surface area (Å²) in [5.41, 5.74) is -0.765. The molecule has 112 valence electrons. The van der Waals surface area contributed by atoms with E-state index in [9.17, 15) is 10.2 Å². The van der Waals surface area contributed by atoms with Crippen LogP contribution in [0.15, 0.2) is 30.9 Å². The molecule has 21 heavy (non-hydrogen) atoms. The highest BCUT2D eigenvalue weighted by molar-refractivity contribution is 6.31. The van der Waals surface area contributed by atoms with Crippen molar-refractivity contribution in [3.63, 3.8) is 0 Å². The summed E-state index contributed by atoms with van der Waals surface area (Å²) in [7, 11) is 0. The van der Waals surface area contributed by atoms with Crippen LogP contribution in [0.2, 0.25) is 5.02 Å². The van der Waals surface area contributed by atoms with Gasteiger partial charge in [-0.2, -0.15) is 5.10 Å². The van der Waals surface area contributed by atoms with E-state index in [1.54, 1.807) is 18.2 Å². The van der Waals surface area contributed by atoms with Crippen molar-refractivity contribution in [2.75, 3.05) is 0 Å². The van der Waals surface area contributed by atoms with Gasteiger partial charge in [-0.15, -0.1) is 11.6 Å². The Balaban J connectivity index is 1.93. The van der Waals surface area contributed by atoms with Gasteiger partial charge in [-0.05, 0) is 25.0 Å². The number of nitrogens with zero attached hydrogens (tertiary/aromatic N) is 3. The molecule has 1 aromatic heterocycles. The Morgan fingerprint density at radius 2 is 2.14 bits per heavy atom. The second kappa shape index (κ2) is 5.16. The molecule has 0 spiro atoms. The van der Waals surface area contributed by atoms with Gasteiger partial charge in [0.2, 0.25) is 0 Å². The molecule has 0 bridgehead atoms. The highest BCUT2D eigenvalue weighted by Gasteiger charge is 2.58. The molecule has 0 aliphatic heterocycles. The maximum atomic E-state index is 11.1. The Kier molecular flexibility index (Phi) is 3.59. The maximum Gasteiger partial charge on any atom is 0.137 e. The molecule has 3 rings (SSSR count). The van der Waals surface area contributed by atoms with Crippen molar-refractivity contribution in [1.82, 2.24) is 14.8 Å². The van der Waals surface area contributed by atoms with E-state index in [4.69, 9.17) is 23.2 Å². The Hall–Kier alpha value is -1.30. The Morgan fingerprint density at radius 1 is 1.38 bits per heavy atom. The van der Waals surface area contributed by atoms with Crippen molar-refractivity contribution in [3.8, 4) is 5.75 Å². The highest BCUT2D eigenvalue weighted by atomic mass is 35.5. The first-order valence-electron chi connectivity index (χ1n) is 6.64. The van der Waals surface area contributed by atoms with E-state index in [0.717, 1.165) is 0 Å². The minimum absolute atomic E-state index is 0.0560. The van der Waals surface area contributed by atoms with Crippen LogP contribution < -0.4 is 0 Å². The van der Waals surface area contributed by atoms with Gasteiger partial charge in [-0.25, -0.2) is 9.67 Å². The molecule has 1 aliphatic rings. The monoisotopic (exact) mass is 327 g/mol. The molecule has 0 saturated heterocycles. The zero-order chi connectivity index (χ0) is 15.1. The quantitative estimate of drug-likeness (QED) is 0.827. The summed E-state index contributed by atoms with van der Waals surface area (Å²) in [5, 5.41) is 25.5. The molecule has 2 N–H and O–H groups in total. The van der Waals surface area contributed by atoms with Gasteiger partial charge in [0.1, 0.15) is 24.0 Å². The lowest BCUT2D eigenvalue weighted by Crippen LogP contribution is -2.47. The van der Waals surface area contributed by atoms with E-state index in [0.29, 0.717) is 23.4 Å². The summed E-state index contributed by atoms with van der Waals surface area (Å²) in [6.07, 6.45) is 4.51. The van der Waals surface area contributed by atoms with E-state index < -0.39 is 10.5 Å². The number of hydrogen-bond acceptors (Lipinski definition) is 4. The topological polar surface area (TPSA) is 71.2 Å². The number of aromatic hydroxyl groups is 1. The summed E-state index contributed by atoms with van der Waals surface area (Å²) in [6, 6.07) is 4.89. The van der Waals surface area contributed by atoms with Crippen molar-refractivity contribution in [3.05, 3.63) is 41.4 Å². The summed E-state index contributed by atoms with van der Waals surface area (Å²) in [4.78, 5) is 3.16. The molecule has 1 fully saturated rings. The van der Waals surface area contributed by atoms with Crippen LogP contribution in [-0.4, -0.2) is 35.5 Å². The molecule has 5 nitrogen and oxygen atoms in total. The predicted octanol–water partition coefficient (Wildman–Crippen LogP) is 2.38. The second-order valence-corrected chi connectivity index (χ2v) is 6.63. The second-order valence-electron chi connectivity index (χ2n) is 5.50. The number of aliphatic hydroxyl groups is 1. The van der Waals surface area contributed by atoms with Crippen LogP contribution in [0.1, 0.15) is 18.4 Å². The third kappa shape index (κ3) is 2.73.